The quantitative estimate of drug-likeness (QED) is 0.816. The minimum Gasteiger partial charge on any atom is -0.383 e. The summed E-state index contributed by atoms with van der Waals surface area (Å²) in [4.78, 5) is 1.95. The highest BCUT2D eigenvalue weighted by Gasteiger charge is 2.31. The van der Waals surface area contributed by atoms with Gasteiger partial charge in [-0.05, 0) is 17.7 Å². The Kier molecular flexibility index (Phi) is 6.05. The summed E-state index contributed by atoms with van der Waals surface area (Å²) in [5.41, 5.74) is 0.865. The molecule has 1 saturated heterocycles. The molecule has 124 valence electrons. The first-order valence-corrected chi connectivity index (χ1v) is 7.25. The van der Waals surface area contributed by atoms with E-state index in [2.05, 4.69) is 5.32 Å². The van der Waals surface area contributed by atoms with Gasteiger partial charge in [0.2, 0.25) is 0 Å². The largest absolute Gasteiger partial charge is 0.416 e. The number of nitrogens with one attached hydrogen (secondary N) is 1. The number of methoxy groups -OCH3 is 1. The van der Waals surface area contributed by atoms with E-state index in [1.165, 1.54) is 6.07 Å². The topological polar surface area (TPSA) is 33.7 Å². The Bertz CT molecular complexity index is 474. The lowest BCUT2D eigenvalue weighted by atomic mass is 10.1. The Labute approximate surface area is 128 Å². The van der Waals surface area contributed by atoms with Crippen LogP contribution in [0, 0.1) is 0 Å². The highest BCUT2D eigenvalue weighted by atomic mass is 19.4. The normalized spacial score (nSPS) is 16.1. The van der Waals surface area contributed by atoms with Crippen LogP contribution in [0.3, 0.4) is 0 Å². The van der Waals surface area contributed by atoms with E-state index in [9.17, 15) is 13.2 Å². The van der Waals surface area contributed by atoms with Crippen molar-refractivity contribution in [1.29, 1.82) is 0 Å². The number of hydrogen-bond acceptors (Lipinski definition) is 4. The van der Waals surface area contributed by atoms with E-state index in [1.807, 2.05) is 4.90 Å². The first-order valence-electron chi connectivity index (χ1n) is 7.25. The fourth-order valence-corrected chi connectivity index (χ4v) is 2.39. The Morgan fingerprint density at radius 1 is 1.27 bits per heavy atom. The second-order valence-electron chi connectivity index (χ2n) is 5.11. The van der Waals surface area contributed by atoms with Crippen molar-refractivity contribution in [3.63, 3.8) is 0 Å². The summed E-state index contributed by atoms with van der Waals surface area (Å²) in [6, 6.07) is 3.92. The van der Waals surface area contributed by atoms with E-state index in [4.69, 9.17) is 9.47 Å². The van der Waals surface area contributed by atoms with Gasteiger partial charge in [0.1, 0.15) is 0 Å². The fraction of sp³-hybridized carbons (Fsp3) is 0.600. The van der Waals surface area contributed by atoms with E-state index in [1.54, 1.807) is 13.2 Å². The average molecular weight is 318 g/mol. The van der Waals surface area contributed by atoms with Gasteiger partial charge in [0.25, 0.3) is 0 Å². The molecule has 0 saturated carbocycles. The van der Waals surface area contributed by atoms with Crippen LogP contribution in [0.15, 0.2) is 18.2 Å². The molecule has 1 heterocycles. The SMILES string of the molecule is COCCNCc1ccc(C(F)(F)F)cc1N1CCOCC1. The van der Waals surface area contributed by atoms with Crippen LogP contribution in [0.2, 0.25) is 0 Å². The highest BCUT2D eigenvalue weighted by molar-refractivity contribution is 5.56. The Morgan fingerprint density at radius 3 is 2.64 bits per heavy atom. The smallest absolute Gasteiger partial charge is 0.383 e. The summed E-state index contributed by atoms with van der Waals surface area (Å²) in [5.74, 6) is 0. The van der Waals surface area contributed by atoms with Crippen LogP contribution in [0.1, 0.15) is 11.1 Å². The van der Waals surface area contributed by atoms with Crippen molar-refractivity contribution in [2.24, 2.45) is 0 Å². The Hall–Kier alpha value is -1.31. The van der Waals surface area contributed by atoms with Crippen LogP contribution >= 0.6 is 0 Å². The van der Waals surface area contributed by atoms with Gasteiger partial charge >= 0.3 is 6.18 Å². The molecule has 1 aliphatic rings. The minimum atomic E-state index is -4.33. The molecule has 1 N–H and O–H groups in total. The number of alkyl halides is 3. The van der Waals surface area contributed by atoms with Crippen molar-refractivity contribution in [1.82, 2.24) is 5.32 Å². The number of ether oxygens (including phenoxy) is 2. The van der Waals surface area contributed by atoms with Crippen molar-refractivity contribution < 1.29 is 22.6 Å². The molecule has 0 aromatic heterocycles. The van der Waals surface area contributed by atoms with Gasteiger partial charge in [-0.2, -0.15) is 13.2 Å². The zero-order chi connectivity index (χ0) is 16.0. The zero-order valence-electron chi connectivity index (χ0n) is 12.6. The number of morpholine rings is 1. The van der Waals surface area contributed by atoms with E-state index in [0.717, 1.165) is 11.6 Å². The first kappa shape index (κ1) is 17.1. The number of nitrogens with zero attached hydrogens (tertiary/aromatic N) is 1. The molecule has 0 spiro atoms. The molecule has 1 aromatic carbocycles. The number of hydrogen-bond donors (Lipinski definition) is 1. The first-order chi connectivity index (χ1) is 10.5. The van der Waals surface area contributed by atoms with Crippen molar-refractivity contribution in [3.8, 4) is 0 Å². The van der Waals surface area contributed by atoms with Crippen LogP contribution in [0.4, 0.5) is 18.9 Å². The Morgan fingerprint density at radius 2 is 2.00 bits per heavy atom. The van der Waals surface area contributed by atoms with Crippen LogP contribution in [0.5, 0.6) is 0 Å². The average Bonchev–Trinajstić information content (AvgIpc) is 2.51. The molecule has 0 radical (unpaired) electrons. The zero-order valence-corrected chi connectivity index (χ0v) is 12.6. The van der Waals surface area contributed by atoms with Crippen LogP contribution in [-0.4, -0.2) is 46.6 Å². The monoisotopic (exact) mass is 318 g/mol. The lowest BCUT2D eigenvalue weighted by molar-refractivity contribution is -0.137. The van der Waals surface area contributed by atoms with Gasteiger partial charge in [0, 0.05) is 39.0 Å². The molecule has 1 aromatic rings. The van der Waals surface area contributed by atoms with Gasteiger partial charge in [-0.15, -0.1) is 0 Å². The van der Waals surface area contributed by atoms with E-state index in [-0.39, 0.29) is 0 Å². The second-order valence-corrected chi connectivity index (χ2v) is 5.11. The van der Waals surface area contributed by atoms with Crippen LogP contribution < -0.4 is 10.2 Å². The molecule has 0 bridgehead atoms. The molecule has 2 rings (SSSR count). The third kappa shape index (κ3) is 4.59. The summed E-state index contributed by atoms with van der Waals surface area (Å²) >= 11 is 0. The van der Waals surface area contributed by atoms with E-state index in [0.29, 0.717) is 51.7 Å². The molecule has 7 heteroatoms. The predicted molar refractivity (Wildman–Crippen MR) is 78.1 cm³/mol. The van der Waals surface area contributed by atoms with Crippen molar-refractivity contribution in [3.05, 3.63) is 29.3 Å². The molecule has 1 fully saturated rings. The summed E-state index contributed by atoms with van der Waals surface area (Å²) < 4.78 is 49.1. The molecule has 0 atom stereocenters. The van der Waals surface area contributed by atoms with Crippen LogP contribution in [0.25, 0.3) is 0 Å². The summed E-state index contributed by atoms with van der Waals surface area (Å²) in [6.45, 7) is 4.00. The Balaban J connectivity index is 2.19. The molecule has 0 unspecified atom stereocenters. The van der Waals surface area contributed by atoms with Gasteiger partial charge in [0.05, 0.1) is 25.4 Å². The van der Waals surface area contributed by atoms with Gasteiger partial charge in [-0.3, -0.25) is 0 Å². The summed E-state index contributed by atoms with van der Waals surface area (Å²) in [7, 11) is 1.61. The molecular formula is C15H21F3N2O2. The standard InChI is InChI=1S/C15H21F3N2O2/c1-21-7-4-19-11-12-2-3-13(15(16,17)18)10-14(12)20-5-8-22-9-6-20/h2-3,10,19H,4-9,11H2,1H3. The minimum absolute atomic E-state index is 0.508. The van der Waals surface area contributed by atoms with Crippen LogP contribution in [-0.2, 0) is 22.2 Å². The summed E-state index contributed by atoms with van der Waals surface area (Å²) in [6.07, 6.45) is -4.33. The lowest BCUT2D eigenvalue weighted by Crippen LogP contribution is -2.37. The molecule has 22 heavy (non-hydrogen) atoms. The maximum Gasteiger partial charge on any atom is 0.416 e. The van der Waals surface area contributed by atoms with E-state index >= 15 is 0 Å². The third-order valence-electron chi connectivity index (χ3n) is 3.56. The maximum absolute atomic E-state index is 12.9. The molecular weight excluding hydrogens is 297 g/mol. The third-order valence-corrected chi connectivity index (χ3v) is 3.56. The fourth-order valence-electron chi connectivity index (χ4n) is 2.39. The number of rotatable bonds is 6. The van der Waals surface area contributed by atoms with Crippen molar-refractivity contribution in [2.75, 3.05) is 51.5 Å². The summed E-state index contributed by atoms with van der Waals surface area (Å²) in [5, 5.41) is 3.18. The van der Waals surface area contributed by atoms with E-state index < -0.39 is 11.7 Å². The van der Waals surface area contributed by atoms with Gasteiger partial charge < -0.3 is 19.7 Å². The molecule has 4 nitrogen and oxygen atoms in total. The number of benzene rings is 1. The predicted octanol–water partition coefficient (Wildman–Crippen LogP) is 2.28. The van der Waals surface area contributed by atoms with Gasteiger partial charge in [-0.25, -0.2) is 0 Å². The van der Waals surface area contributed by atoms with Crippen molar-refractivity contribution in [2.45, 2.75) is 12.7 Å². The lowest BCUT2D eigenvalue weighted by Gasteiger charge is -2.31. The highest BCUT2D eigenvalue weighted by Crippen LogP contribution is 2.33. The molecule has 0 amide bonds. The van der Waals surface area contributed by atoms with Gasteiger partial charge in [0.15, 0.2) is 0 Å². The molecule has 0 aliphatic carbocycles. The number of halogens is 3. The maximum atomic E-state index is 12.9. The van der Waals surface area contributed by atoms with Crippen molar-refractivity contribution >= 4 is 5.69 Å². The molecule has 1 aliphatic heterocycles. The number of anilines is 1. The second kappa shape index (κ2) is 7.80. The van der Waals surface area contributed by atoms with Gasteiger partial charge in [-0.1, -0.05) is 6.07 Å².